The zero-order chi connectivity index (χ0) is 13.7. The fourth-order valence-corrected chi connectivity index (χ4v) is 2.31. The number of carboxylic acid groups (broad SMARTS) is 1. The number of hydrogen-bond donors (Lipinski definition) is 1. The van der Waals surface area contributed by atoms with E-state index in [1.54, 1.807) is 0 Å². The minimum Gasteiger partial charge on any atom is -0.480 e. The number of halogens is 1. The molecule has 18 heavy (non-hydrogen) atoms. The van der Waals surface area contributed by atoms with Gasteiger partial charge in [0.15, 0.2) is 0 Å². The number of carbonyl (C=O) groups is 1. The summed E-state index contributed by atoms with van der Waals surface area (Å²) < 4.78 is 0. The second kappa shape index (κ2) is 6.76. The van der Waals surface area contributed by atoms with E-state index in [1.165, 1.54) is 0 Å². The van der Waals surface area contributed by atoms with Gasteiger partial charge >= 0.3 is 5.97 Å². The quantitative estimate of drug-likeness (QED) is 0.863. The topological polar surface area (TPSA) is 40.5 Å². The molecule has 1 aromatic rings. The highest BCUT2D eigenvalue weighted by atomic mass is 35.5. The van der Waals surface area contributed by atoms with Gasteiger partial charge in [-0.25, -0.2) is 0 Å². The molecule has 0 aliphatic heterocycles. The smallest absolute Gasteiger partial charge is 0.321 e. The van der Waals surface area contributed by atoms with Crippen LogP contribution in [0, 0.1) is 6.92 Å². The van der Waals surface area contributed by atoms with Gasteiger partial charge in [0.2, 0.25) is 0 Å². The first kappa shape index (κ1) is 15.0. The van der Waals surface area contributed by atoms with Gasteiger partial charge in [-0.2, -0.15) is 0 Å². The van der Waals surface area contributed by atoms with E-state index in [9.17, 15) is 9.90 Å². The van der Waals surface area contributed by atoms with Gasteiger partial charge in [-0.15, -0.1) is 0 Å². The molecule has 0 radical (unpaired) electrons. The van der Waals surface area contributed by atoms with Crippen LogP contribution in [0.1, 0.15) is 25.0 Å². The van der Waals surface area contributed by atoms with E-state index in [4.69, 9.17) is 11.6 Å². The number of hydrogen-bond acceptors (Lipinski definition) is 2. The summed E-state index contributed by atoms with van der Waals surface area (Å²) in [6.45, 7) is 7.34. The zero-order valence-corrected chi connectivity index (χ0v) is 11.9. The Hall–Kier alpha value is -1.06. The first-order valence-corrected chi connectivity index (χ1v) is 6.59. The fraction of sp³-hybridized carbons (Fsp3) is 0.500. The molecule has 0 spiro atoms. The van der Waals surface area contributed by atoms with Gasteiger partial charge in [0.05, 0.1) is 0 Å². The van der Waals surface area contributed by atoms with Crippen molar-refractivity contribution in [1.82, 2.24) is 4.90 Å². The van der Waals surface area contributed by atoms with Crippen LogP contribution in [0.2, 0.25) is 5.02 Å². The van der Waals surface area contributed by atoms with Crippen molar-refractivity contribution in [3.05, 3.63) is 34.3 Å². The highest BCUT2D eigenvalue weighted by Gasteiger charge is 2.24. The van der Waals surface area contributed by atoms with Crippen LogP contribution in [0.3, 0.4) is 0 Å². The van der Waals surface area contributed by atoms with Crippen molar-refractivity contribution >= 4 is 17.6 Å². The van der Waals surface area contributed by atoms with Crippen LogP contribution in [-0.4, -0.2) is 35.1 Å². The Kier molecular flexibility index (Phi) is 5.63. The van der Waals surface area contributed by atoms with E-state index in [0.29, 0.717) is 11.4 Å². The third-order valence-electron chi connectivity index (χ3n) is 3.33. The summed E-state index contributed by atoms with van der Waals surface area (Å²) in [5.74, 6) is -0.780. The number of benzene rings is 1. The molecule has 0 aliphatic rings. The molecular weight excluding hydrogens is 250 g/mol. The van der Waals surface area contributed by atoms with E-state index >= 15 is 0 Å². The van der Waals surface area contributed by atoms with E-state index in [0.717, 1.165) is 24.2 Å². The summed E-state index contributed by atoms with van der Waals surface area (Å²) in [6, 6.07) is 5.15. The summed E-state index contributed by atoms with van der Waals surface area (Å²) in [5.41, 5.74) is 1.97. The summed E-state index contributed by atoms with van der Waals surface area (Å²) in [5, 5.41) is 10.0. The van der Waals surface area contributed by atoms with Crippen molar-refractivity contribution < 1.29 is 9.90 Å². The Morgan fingerprint density at radius 1 is 1.39 bits per heavy atom. The monoisotopic (exact) mass is 269 g/mol. The average molecular weight is 270 g/mol. The van der Waals surface area contributed by atoms with Crippen molar-refractivity contribution in [2.75, 3.05) is 13.1 Å². The van der Waals surface area contributed by atoms with Crippen LogP contribution < -0.4 is 0 Å². The predicted molar refractivity (Wildman–Crippen MR) is 74.2 cm³/mol. The van der Waals surface area contributed by atoms with Crippen LogP contribution in [0.15, 0.2) is 18.2 Å². The van der Waals surface area contributed by atoms with Gasteiger partial charge in [0.25, 0.3) is 0 Å². The van der Waals surface area contributed by atoms with E-state index in [1.807, 2.05) is 43.9 Å². The first-order chi connectivity index (χ1) is 8.51. The summed E-state index contributed by atoms with van der Waals surface area (Å²) >= 11 is 6.06. The average Bonchev–Trinajstić information content (AvgIpc) is 2.34. The molecular formula is C14H20ClNO2. The molecule has 0 amide bonds. The van der Waals surface area contributed by atoms with Crippen LogP contribution in [0.25, 0.3) is 0 Å². The predicted octanol–water partition coefficient (Wildman–Crippen LogP) is 2.99. The molecule has 0 aliphatic carbocycles. The third-order valence-corrected chi connectivity index (χ3v) is 3.74. The Balaban J connectivity index is 2.97. The van der Waals surface area contributed by atoms with Crippen LogP contribution in [-0.2, 0) is 11.2 Å². The maximum absolute atomic E-state index is 11.4. The normalized spacial score (nSPS) is 12.7. The highest BCUT2D eigenvalue weighted by Crippen LogP contribution is 2.21. The van der Waals surface area contributed by atoms with Gasteiger partial charge in [-0.05, 0) is 43.6 Å². The number of aliphatic carboxylic acids is 1. The molecule has 1 aromatic carbocycles. The SMILES string of the molecule is CCN(CC)[C@@H](Cc1cccc(Cl)c1C)C(=O)O. The maximum atomic E-state index is 11.4. The van der Waals surface area contributed by atoms with E-state index < -0.39 is 12.0 Å². The molecule has 1 N–H and O–H groups in total. The molecule has 1 rings (SSSR count). The number of nitrogens with zero attached hydrogens (tertiary/aromatic N) is 1. The fourth-order valence-electron chi connectivity index (χ4n) is 2.12. The zero-order valence-electron chi connectivity index (χ0n) is 11.1. The summed E-state index contributed by atoms with van der Waals surface area (Å²) in [6.07, 6.45) is 0.489. The third kappa shape index (κ3) is 3.47. The number of rotatable bonds is 6. The lowest BCUT2D eigenvalue weighted by Crippen LogP contribution is -2.42. The lowest BCUT2D eigenvalue weighted by Gasteiger charge is -2.26. The molecule has 0 saturated heterocycles. The van der Waals surface area contributed by atoms with Gasteiger partial charge in [-0.1, -0.05) is 37.6 Å². The van der Waals surface area contributed by atoms with Gasteiger partial charge in [-0.3, -0.25) is 9.69 Å². The van der Waals surface area contributed by atoms with Gasteiger partial charge in [0, 0.05) is 5.02 Å². The molecule has 4 heteroatoms. The second-order valence-corrected chi connectivity index (χ2v) is 4.71. The summed E-state index contributed by atoms with van der Waals surface area (Å²) in [7, 11) is 0. The molecule has 0 saturated carbocycles. The first-order valence-electron chi connectivity index (χ1n) is 6.22. The Morgan fingerprint density at radius 2 is 2.00 bits per heavy atom. The van der Waals surface area contributed by atoms with Gasteiger partial charge in [0.1, 0.15) is 6.04 Å². The molecule has 0 unspecified atom stereocenters. The second-order valence-electron chi connectivity index (χ2n) is 4.30. The van der Waals surface area contributed by atoms with Crippen LogP contribution in [0.4, 0.5) is 0 Å². The number of likely N-dealkylation sites (N-methyl/N-ethyl adjacent to an activating group) is 1. The van der Waals surface area contributed by atoms with Crippen LogP contribution >= 0.6 is 11.6 Å². The largest absolute Gasteiger partial charge is 0.480 e. The van der Waals surface area contributed by atoms with Crippen molar-refractivity contribution in [2.45, 2.75) is 33.2 Å². The standard InChI is InChI=1S/C14H20ClNO2/c1-4-16(5-2)13(14(17)18)9-11-7-6-8-12(15)10(11)3/h6-8,13H,4-5,9H2,1-3H3,(H,17,18)/t13-/m0/s1. The molecule has 0 heterocycles. The highest BCUT2D eigenvalue weighted by molar-refractivity contribution is 6.31. The summed E-state index contributed by atoms with van der Waals surface area (Å²) in [4.78, 5) is 13.3. The number of carboxylic acids is 1. The molecule has 0 aromatic heterocycles. The minimum atomic E-state index is -0.780. The van der Waals surface area contributed by atoms with E-state index in [2.05, 4.69) is 0 Å². The molecule has 0 fully saturated rings. The molecule has 1 atom stereocenters. The molecule has 3 nitrogen and oxygen atoms in total. The maximum Gasteiger partial charge on any atom is 0.321 e. The Morgan fingerprint density at radius 3 is 2.50 bits per heavy atom. The Bertz CT molecular complexity index is 416. The lowest BCUT2D eigenvalue weighted by atomic mass is 10.00. The lowest BCUT2D eigenvalue weighted by molar-refractivity contribution is -0.143. The van der Waals surface area contributed by atoms with Crippen molar-refractivity contribution in [1.29, 1.82) is 0 Å². The van der Waals surface area contributed by atoms with Crippen molar-refractivity contribution in [3.63, 3.8) is 0 Å². The van der Waals surface area contributed by atoms with Crippen molar-refractivity contribution in [3.8, 4) is 0 Å². The van der Waals surface area contributed by atoms with Gasteiger partial charge < -0.3 is 5.11 Å². The molecule has 100 valence electrons. The van der Waals surface area contributed by atoms with Crippen molar-refractivity contribution in [2.24, 2.45) is 0 Å². The van der Waals surface area contributed by atoms with E-state index in [-0.39, 0.29) is 0 Å². The Labute approximate surface area is 113 Å². The molecule has 0 bridgehead atoms. The minimum absolute atomic E-state index is 0.489. The van der Waals surface area contributed by atoms with Crippen LogP contribution in [0.5, 0.6) is 0 Å².